The zero-order chi connectivity index (χ0) is 33.9. The molecule has 2 aliphatic rings. The van der Waals surface area contributed by atoms with E-state index in [0.29, 0.717) is 19.6 Å². The number of fused-ring (bicyclic) bond motifs is 2. The monoisotopic (exact) mass is 639 g/mol. The van der Waals surface area contributed by atoms with Crippen molar-refractivity contribution in [3.8, 4) is 11.5 Å². The van der Waals surface area contributed by atoms with Gasteiger partial charge in [-0.25, -0.2) is 0 Å². The van der Waals surface area contributed by atoms with Crippen molar-refractivity contribution < 1.29 is 28.6 Å². The van der Waals surface area contributed by atoms with Gasteiger partial charge in [0.25, 0.3) is 0 Å². The Morgan fingerprint density at radius 1 is 1.06 bits per heavy atom. The molecule has 2 aromatic rings. The van der Waals surface area contributed by atoms with Crippen LogP contribution >= 0.6 is 0 Å². The fourth-order valence-electron chi connectivity index (χ4n) is 6.37. The van der Waals surface area contributed by atoms with Crippen molar-refractivity contribution >= 4 is 22.9 Å². The molecule has 250 valence electrons. The summed E-state index contributed by atoms with van der Waals surface area (Å²) in [5.41, 5.74) is 7.41. The Morgan fingerprint density at radius 3 is 2.47 bits per heavy atom. The molecule has 4 rings (SSSR count). The van der Waals surface area contributed by atoms with E-state index in [1.807, 2.05) is 25.2 Å². The minimum atomic E-state index is -0.233. The highest BCUT2D eigenvalue weighted by Crippen LogP contribution is 2.48. The summed E-state index contributed by atoms with van der Waals surface area (Å²) in [6.45, 7) is 18.1. The second-order valence-corrected chi connectivity index (χ2v) is 12.0. The van der Waals surface area contributed by atoms with Crippen LogP contribution in [0.2, 0.25) is 0 Å². The topological polar surface area (TPSA) is 61.7 Å². The molecular weight excluding hydrogens is 588 g/mol. The van der Waals surface area contributed by atoms with Crippen LogP contribution in [0.5, 0.6) is 11.5 Å². The summed E-state index contributed by atoms with van der Waals surface area (Å²) in [5.74, 6) is 2.43. The predicted molar refractivity (Wildman–Crippen MR) is 192 cm³/mol. The maximum absolute atomic E-state index is 12.1. The van der Waals surface area contributed by atoms with Crippen molar-refractivity contribution in [2.24, 2.45) is 0 Å². The Balaban J connectivity index is 1.87. The number of carbonyl (C=O) groups is 1. The summed E-state index contributed by atoms with van der Waals surface area (Å²) in [7, 11) is 5.88. The zero-order valence-electron chi connectivity index (χ0n) is 28.8. The molecule has 0 radical (unpaired) electrons. The largest absolute Gasteiger partial charge is 0.496 e. The molecule has 2 atom stereocenters. The number of hydrogen-bond acceptors (Lipinski definition) is 6. The van der Waals surface area contributed by atoms with Gasteiger partial charge < -0.3 is 23.8 Å². The van der Waals surface area contributed by atoms with E-state index >= 15 is 0 Å². The van der Waals surface area contributed by atoms with Crippen molar-refractivity contribution in [1.29, 1.82) is 0 Å². The highest BCUT2D eigenvalue weighted by Gasteiger charge is 2.31. The van der Waals surface area contributed by atoms with Gasteiger partial charge in [-0.2, -0.15) is 0 Å². The van der Waals surface area contributed by atoms with Crippen LogP contribution in [0.4, 0.5) is 11.4 Å². The molecule has 1 heterocycles. The third-order valence-corrected chi connectivity index (χ3v) is 8.64. The van der Waals surface area contributed by atoms with Gasteiger partial charge in [-0.15, -0.1) is 6.58 Å². The third kappa shape index (κ3) is 8.34. The summed E-state index contributed by atoms with van der Waals surface area (Å²) in [5, 5.41) is 0. The lowest BCUT2D eigenvalue weighted by Gasteiger charge is -2.31. The van der Waals surface area contributed by atoms with Crippen LogP contribution in [0.25, 0.3) is 5.57 Å². The van der Waals surface area contributed by atoms with E-state index in [-0.39, 0.29) is 18.0 Å². The van der Waals surface area contributed by atoms with Gasteiger partial charge in [0.1, 0.15) is 36.0 Å². The average molecular weight is 640 g/mol. The van der Waals surface area contributed by atoms with Gasteiger partial charge in [0.2, 0.25) is 0 Å². The van der Waals surface area contributed by atoms with Crippen LogP contribution in [0.1, 0.15) is 62.1 Å². The van der Waals surface area contributed by atoms with Crippen molar-refractivity contribution in [1.82, 2.24) is 0 Å². The summed E-state index contributed by atoms with van der Waals surface area (Å²) in [4.78, 5) is 15.5. The minimum absolute atomic E-state index is 0.141. The number of methoxy groups -OCH3 is 1. The highest BCUT2D eigenvalue weighted by molar-refractivity contribution is 5.94. The molecule has 1 aliphatic carbocycles. The first-order chi connectivity index (χ1) is 22.8. The van der Waals surface area contributed by atoms with Crippen LogP contribution in [-0.4, -0.2) is 59.6 Å². The Morgan fingerprint density at radius 2 is 1.83 bits per heavy atom. The lowest BCUT2D eigenvalue weighted by molar-refractivity contribution is -0.819. The number of anilines is 1. The normalized spacial score (nSPS) is 15.6. The summed E-state index contributed by atoms with van der Waals surface area (Å²) < 4.78 is 24.0. The van der Waals surface area contributed by atoms with Gasteiger partial charge in [-0.3, -0.25) is 9.69 Å². The van der Waals surface area contributed by atoms with Crippen LogP contribution < -0.4 is 19.3 Å². The number of nitrogens with zero attached hydrogens (tertiary/aromatic N) is 1. The molecule has 0 fully saturated rings. The van der Waals surface area contributed by atoms with Crippen LogP contribution in [-0.2, 0) is 14.3 Å². The molecule has 7 heteroatoms. The third-order valence-electron chi connectivity index (χ3n) is 8.64. The number of benzene rings is 2. The molecule has 0 spiro atoms. The van der Waals surface area contributed by atoms with Gasteiger partial charge in [0, 0.05) is 54.5 Å². The molecular formula is C40H51N2O5+. The number of allylic oxidation sites excluding steroid dienone is 1. The van der Waals surface area contributed by atoms with Crippen molar-refractivity contribution in [2.75, 3.05) is 52.4 Å². The molecule has 0 aromatic heterocycles. The first-order valence-corrected chi connectivity index (χ1v) is 16.6. The molecule has 1 aliphatic heterocycles. The summed E-state index contributed by atoms with van der Waals surface area (Å²) in [6.07, 6.45) is 14.5. The predicted octanol–water partition coefficient (Wildman–Crippen LogP) is 7.10. The lowest BCUT2D eigenvalue weighted by Crippen LogP contribution is -3.06. The number of carbonyl (C=O) groups excluding carboxylic acids is 1. The fraction of sp³-hybridized carbons (Fsp3) is 0.375. The molecule has 0 saturated carbocycles. The van der Waals surface area contributed by atoms with E-state index in [0.717, 1.165) is 83.3 Å². The zero-order valence-corrected chi connectivity index (χ0v) is 28.8. The molecule has 2 unspecified atom stereocenters. The van der Waals surface area contributed by atoms with E-state index in [2.05, 4.69) is 88.1 Å². The molecule has 0 bridgehead atoms. The number of rotatable bonds is 18. The Bertz CT molecular complexity index is 1540. The van der Waals surface area contributed by atoms with Crippen molar-refractivity contribution in [3.05, 3.63) is 115 Å². The van der Waals surface area contributed by atoms with E-state index < -0.39 is 0 Å². The quantitative estimate of drug-likeness (QED) is 0.139. The highest BCUT2D eigenvalue weighted by atomic mass is 16.5. The van der Waals surface area contributed by atoms with E-state index in [4.69, 9.17) is 18.9 Å². The Labute approximate surface area is 281 Å². The number of ether oxygens (including phenoxy) is 4. The van der Waals surface area contributed by atoms with E-state index in [1.54, 1.807) is 13.2 Å². The second kappa shape index (κ2) is 17.0. The van der Waals surface area contributed by atoms with Gasteiger partial charge in [0.15, 0.2) is 0 Å². The first kappa shape index (κ1) is 35.5. The summed E-state index contributed by atoms with van der Waals surface area (Å²) >= 11 is 0. The SMILES string of the molecule is C=CCOC1C=CC2=C(c3cc(N(C)C)c(C(CC)CCCC(=O)OCC)cc3OC)c3ccc([NH+](CC=C)CC=C)cc3OC2=C1. The molecule has 0 amide bonds. The smallest absolute Gasteiger partial charge is 0.305 e. The molecule has 2 aromatic carbocycles. The summed E-state index contributed by atoms with van der Waals surface area (Å²) in [6, 6.07) is 10.9. The molecule has 7 nitrogen and oxygen atoms in total. The molecule has 1 N–H and O–H groups in total. The lowest BCUT2D eigenvalue weighted by atomic mass is 9.83. The van der Waals surface area contributed by atoms with Gasteiger partial charge in [0.05, 0.1) is 26.4 Å². The Kier molecular flexibility index (Phi) is 12.9. The van der Waals surface area contributed by atoms with Gasteiger partial charge in [-0.05, 0) is 80.2 Å². The molecule has 47 heavy (non-hydrogen) atoms. The average Bonchev–Trinajstić information content (AvgIpc) is 3.07. The number of esters is 1. The van der Waals surface area contributed by atoms with Crippen LogP contribution in [0, 0.1) is 0 Å². The van der Waals surface area contributed by atoms with E-state index in [1.165, 1.54) is 10.5 Å². The van der Waals surface area contributed by atoms with Crippen molar-refractivity contribution in [2.45, 2.75) is 51.6 Å². The number of quaternary nitrogens is 1. The number of nitrogens with one attached hydrogen (secondary N) is 1. The minimum Gasteiger partial charge on any atom is -0.496 e. The molecule has 0 saturated heterocycles. The van der Waals surface area contributed by atoms with E-state index in [9.17, 15) is 4.79 Å². The first-order valence-electron chi connectivity index (χ1n) is 16.6. The van der Waals surface area contributed by atoms with Crippen molar-refractivity contribution in [3.63, 3.8) is 0 Å². The number of hydrogen-bond donors (Lipinski definition) is 1. The van der Waals surface area contributed by atoms with Crippen LogP contribution in [0.3, 0.4) is 0 Å². The maximum atomic E-state index is 12.1. The fourth-order valence-corrected chi connectivity index (χ4v) is 6.37. The Hall–Kier alpha value is -4.33. The second-order valence-electron chi connectivity index (χ2n) is 12.0. The van der Waals surface area contributed by atoms with Gasteiger partial charge in [-0.1, -0.05) is 38.3 Å². The van der Waals surface area contributed by atoms with Crippen LogP contribution in [0.15, 0.2) is 97.9 Å². The standard InChI is InChI=1S/C40H50N2O5/c1-9-21-42(22-10-2)29-17-19-31-37(24-29)47-38-25-30(46-23-11-3)18-20-32(38)40(31)34-26-35(41(6)7)33(27-36(34)44-8)28(12-4)15-14-16-39(43)45-13-5/h9-11,17-20,24-28,30H,1-3,12-16,21-23H2,4-8H3/p+1. The van der Waals surface area contributed by atoms with Gasteiger partial charge >= 0.3 is 5.97 Å². The maximum Gasteiger partial charge on any atom is 0.305 e.